The summed E-state index contributed by atoms with van der Waals surface area (Å²) in [5, 5.41) is 14.6. The molecule has 2 rings (SSSR count). The van der Waals surface area contributed by atoms with E-state index in [2.05, 4.69) is 10.2 Å². The van der Waals surface area contributed by atoms with Crippen LogP contribution in [0.2, 0.25) is 0 Å². The predicted molar refractivity (Wildman–Crippen MR) is 56.9 cm³/mol. The number of aromatic nitrogens is 2. The molecule has 2 aromatic rings. The molecule has 0 spiro atoms. The molecule has 0 atom stereocenters. The van der Waals surface area contributed by atoms with Gasteiger partial charge in [0.25, 0.3) is 0 Å². The van der Waals surface area contributed by atoms with E-state index in [0.717, 1.165) is 6.20 Å². The average Bonchev–Trinajstić information content (AvgIpc) is 2.79. The van der Waals surface area contributed by atoms with Gasteiger partial charge in [0.15, 0.2) is 5.69 Å². The van der Waals surface area contributed by atoms with Crippen LogP contribution in [0.1, 0.15) is 20.8 Å². The third-order valence-corrected chi connectivity index (χ3v) is 2.03. The van der Waals surface area contributed by atoms with E-state index in [0.29, 0.717) is 5.75 Å². The quantitative estimate of drug-likeness (QED) is 0.615. The summed E-state index contributed by atoms with van der Waals surface area (Å²) in [6.45, 7) is 0. The first-order valence-corrected chi connectivity index (χ1v) is 4.72. The molecule has 6 heteroatoms. The first-order valence-electron chi connectivity index (χ1n) is 4.72. The van der Waals surface area contributed by atoms with E-state index in [1.165, 1.54) is 0 Å². The maximum atomic E-state index is 11.6. The molecule has 0 saturated carbocycles. The molecular weight excluding hydrogens is 224 g/mol. The van der Waals surface area contributed by atoms with Crippen LogP contribution in [-0.4, -0.2) is 27.2 Å². The number of para-hydroxylation sites is 1. The maximum Gasteiger partial charge on any atom is 0.362 e. The van der Waals surface area contributed by atoms with Gasteiger partial charge in [-0.05, 0) is 12.1 Å². The molecule has 17 heavy (non-hydrogen) atoms. The fraction of sp³-hybridized carbons (Fsp3) is 0. The molecule has 0 bridgehead atoms. The van der Waals surface area contributed by atoms with Crippen LogP contribution in [0.25, 0.3) is 0 Å². The molecule has 1 aromatic carbocycles. The highest BCUT2D eigenvalue weighted by atomic mass is 16.5. The van der Waals surface area contributed by atoms with Gasteiger partial charge in [0.1, 0.15) is 11.3 Å². The third-order valence-electron chi connectivity index (χ3n) is 2.03. The number of hydrogen-bond donors (Lipinski definition) is 2. The number of carboxylic acids is 1. The molecule has 0 amide bonds. The zero-order valence-corrected chi connectivity index (χ0v) is 8.58. The average molecular weight is 232 g/mol. The Morgan fingerprint density at radius 3 is 2.59 bits per heavy atom. The lowest BCUT2D eigenvalue weighted by atomic mass is 10.2. The van der Waals surface area contributed by atoms with Gasteiger partial charge < -0.3 is 9.84 Å². The van der Waals surface area contributed by atoms with Gasteiger partial charge in [-0.2, -0.15) is 5.10 Å². The van der Waals surface area contributed by atoms with Gasteiger partial charge in [-0.25, -0.2) is 9.59 Å². The second-order valence-corrected chi connectivity index (χ2v) is 3.17. The number of H-pyrrole nitrogens is 1. The van der Waals surface area contributed by atoms with E-state index >= 15 is 0 Å². The standard InChI is InChI=1S/C11H8N2O4/c14-10(15)8-6-12-13-9(8)11(16)17-7-4-2-1-3-5-7/h1-6H,(H,12,13)(H,14,15). The number of carboxylic acid groups (broad SMARTS) is 1. The van der Waals surface area contributed by atoms with E-state index in [1.807, 2.05) is 0 Å². The largest absolute Gasteiger partial charge is 0.478 e. The Kier molecular flexibility index (Phi) is 2.87. The first kappa shape index (κ1) is 10.9. The zero-order chi connectivity index (χ0) is 12.3. The van der Waals surface area contributed by atoms with Crippen LogP contribution in [-0.2, 0) is 0 Å². The number of aromatic carboxylic acids is 1. The monoisotopic (exact) mass is 232 g/mol. The number of benzene rings is 1. The number of carbonyl (C=O) groups is 2. The Labute approximate surface area is 95.8 Å². The fourth-order valence-corrected chi connectivity index (χ4v) is 1.25. The molecule has 1 heterocycles. The topological polar surface area (TPSA) is 92.3 Å². The second kappa shape index (κ2) is 4.48. The number of esters is 1. The number of ether oxygens (including phenoxy) is 1. The van der Waals surface area contributed by atoms with Crippen molar-refractivity contribution in [1.29, 1.82) is 0 Å². The number of rotatable bonds is 3. The minimum absolute atomic E-state index is 0.179. The van der Waals surface area contributed by atoms with Crippen molar-refractivity contribution < 1.29 is 19.4 Å². The van der Waals surface area contributed by atoms with Crippen molar-refractivity contribution in [2.75, 3.05) is 0 Å². The molecule has 86 valence electrons. The molecule has 2 N–H and O–H groups in total. The van der Waals surface area contributed by atoms with Gasteiger partial charge in [-0.15, -0.1) is 0 Å². The highest BCUT2D eigenvalue weighted by Crippen LogP contribution is 2.12. The minimum atomic E-state index is -1.24. The van der Waals surface area contributed by atoms with E-state index in [-0.39, 0.29) is 11.3 Å². The van der Waals surface area contributed by atoms with Crippen LogP contribution in [0, 0.1) is 0 Å². The van der Waals surface area contributed by atoms with Crippen molar-refractivity contribution in [3.05, 3.63) is 47.8 Å². The predicted octanol–water partition coefficient (Wildman–Crippen LogP) is 1.33. The molecule has 0 aliphatic rings. The van der Waals surface area contributed by atoms with Crippen molar-refractivity contribution in [2.24, 2.45) is 0 Å². The molecule has 0 radical (unpaired) electrons. The summed E-state index contributed by atoms with van der Waals surface area (Å²) >= 11 is 0. The van der Waals surface area contributed by atoms with Gasteiger partial charge in [0.05, 0.1) is 6.20 Å². The minimum Gasteiger partial charge on any atom is -0.478 e. The molecule has 0 fully saturated rings. The number of aromatic amines is 1. The van der Waals surface area contributed by atoms with Crippen LogP contribution in [0.5, 0.6) is 5.75 Å². The highest BCUT2D eigenvalue weighted by Gasteiger charge is 2.20. The van der Waals surface area contributed by atoms with Crippen LogP contribution in [0.15, 0.2) is 36.5 Å². The first-order chi connectivity index (χ1) is 8.18. The Hall–Kier alpha value is -2.63. The van der Waals surface area contributed by atoms with Gasteiger partial charge in [-0.3, -0.25) is 5.10 Å². The van der Waals surface area contributed by atoms with E-state index < -0.39 is 11.9 Å². The number of carbonyl (C=O) groups excluding carboxylic acids is 1. The number of nitrogens with zero attached hydrogens (tertiary/aromatic N) is 1. The van der Waals surface area contributed by atoms with Crippen LogP contribution >= 0.6 is 0 Å². The molecule has 0 aliphatic heterocycles. The Morgan fingerprint density at radius 2 is 1.94 bits per heavy atom. The summed E-state index contributed by atoms with van der Waals surface area (Å²) in [5.74, 6) is -1.69. The molecule has 0 aliphatic carbocycles. The molecule has 0 saturated heterocycles. The summed E-state index contributed by atoms with van der Waals surface area (Å²) in [6, 6.07) is 8.36. The summed E-state index contributed by atoms with van der Waals surface area (Å²) < 4.78 is 4.98. The highest BCUT2D eigenvalue weighted by molar-refractivity contribution is 6.01. The zero-order valence-electron chi connectivity index (χ0n) is 8.58. The number of hydrogen-bond acceptors (Lipinski definition) is 4. The third kappa shape index (κ3) is 2.31. The lowest BCUT2D eigenvalue weighted by molar-refractivity contribution is 0.0666. The van der Waals surface area contributed by atoms with Gasteiger partial charge in [0.2, 0.25) is 0 Å². The smallest absolute Gasteiger partial charge is 0.362 e. The van der Waals surface area contributed by atoms with Crippen molar-refractivity contribution in [1.82, 2.24) is 10.2 Å². The summed E-state index contributed by atoms with van der Waals surface area (Å²) in [6.07, 6.45) is 1.06. The van der Waals surface area contributed by atoms with Crippen molar-refractivity contribution in [3.8, 4) is 5.75 Å². The Balaban J connectivity index is 2.21. The lowest BCUT2D eigenvalue weighted by Crippen LogP contribution is -2.13. The second-order valence-electron chi connectivity index (χ2n) is 3.17. The SMILES string of the molecule is O=C(O)c1cn[nH]c1C(=O)Oc1ccccc1. The molecule has 1 aromatic heterocycles. The normalized spacial score (nSPS) is 9.88. The molecule has 6 nitrogen and oxygen atoms in total. The Bertz CT molecular complexity index is 548. The van der Waals surface area contributed by atoms with E-state index in [1.54, 1.807) is 30.3 Å². The van der Waals surface area contributed by atoms with Crippen molar-refractivity contribution in [3.63, 3.8) is 0 Å². The van der Waals surface area contributed by atoms with Crippen LogP contribution in [0.3, 0.4) is 0 Å². The number of nitrogens with one attached hydrogen (secondary N) is 1. The van der Waals surface area contributed by atoms with Crippen LogP contribution < -0.4 is 4.74 Å². The van der Waals surface area contributed by atoms with E-state index in [9.17, 15) is 9.59 Å². The molecule has 0 unspecified atom stereocenters. The van der Waals surface area contributed by atoms with Crippen molar-refractivity contribution >= 4 is 11.9 Å². The summed E-state index contributed by atoms with van der Waals surface area (Å²) in [5.41, 5.74) is -0.396. The summed E-state index contributed by atoms with van der Waals surface area (Å²) in [4.78, 5) is 22.4. The summed E-state index contributed by atoms with van der Waals surface area (Å²) in [7, 11) is 0. The van der Waals surface area contributed by atoms with Crippen LogP contribution in [0.4, 0.5) is 0 Å². The van der Waals surface area contributed by atoms with Gasteiger partial charge in [0, 0.05) is 0 Å². The maximum absolute atomic E-state index is 11.6. The Morgan fingerprint density at radius 1 is 1.24 bits per heavy atom. The van der Waals surface area contributed by atoms with E-state index in [4.69, 9.17) is 9.84 Å². The lowest BCUT2D eigenvalue weighted by Gasteiger charge is -2.02. The van der Waals surface area contributed by atoms with Crippen molar-refractivity contribution in [2.45, 2.75) is 0 Å². The van der Waals surface area contributed by atoms with Gasteiger partial charge >= 0.3 is 11.9 Å². The molecular formula is C11H8N2O4. The van der Waals surface area contributed by atoms with Gasteiger partial charge in [-0.1, -0.05) is 18.2 Å². The fourth-order valence-electron chi connectivity index (χ4n) is 1.25.